The number of rotatable bonds is 8. The fourth-order valence-electron chi connectivity index (χ4n) is 2.20. The predicted molar refractivity (Wildman–Crippen MR) is 71.0 cm³/mol. The zero-order valence-corrected chi connectivity index (χ0v) is 11.3. The van der Waals surface area contributed by atoms with Gasteiger partial charge in [-0.25, -0.2) is 0 Å². The van der Waals surface area contributed by atoms with E-state index in [4.69, 9.17) is 0 Å². The Bertz CT molecular complexity index is 215. The molecule has 1 saturated heterocycles. The second kappa shape index (κ2) is 8.48. The van der Waals surface area contributed by atoms with E-state index in [-0.39, 0.29) is 5.91 Å². The van der Waals surface area contributed by atoms with Gasteiger partial charge < -0.3 is 15.5 Å². The van der Waals surface area contributed by atoms with Gasteiger partial charge in [0.1, 0.15) is 0 Å². The van der Waals surface area contributed by atoms with E-state index in [2.05, 4.69) is 29.4 Å². The van der Waals surface area contributed by atoms with Crippen LogP contribution in [0, 0.1) is 5.92 Å². The summed E-state index contributed by atoms with van der Waals surface area (Å²) in [5, 5.41) is 6.10. The first-order valence-corrected chi connectivity index (χ1v) is 6.92. The zero-order valence-electron chi connectivity index (χ0n) is 11.3. The molecule has 100 valence electrons. The second-order valence-electron chi connectivity index (χ2n) is 5.09. The van der Waals surface area contributed by atoms with Crippen molar-refractivity contribution in [2.75, 3.05) is 39.3 Å². The Labute approximate surface area is 105 Å². The summed E-state index contributed by atoms with van der Waals surface area (Å²) in [6.45, 7) is 10.0. The number of likely N-dealkylation sites (tertiary alicyclic amines) is 1. The number of amides is 1. The van der Waals surface area contributed by atoms with Crippen LogP contribution in [0.4, 0.5) is 0 Å². The van der Waals surface area contributed by atoms with E-state index < -0.39 is 0 Å². The third-order valence-electron chi connectivity index (χ3n) is 3.13. The highest BCUT2D eigenvalue weighted by molar-refractivity contribution is 5.77. The Morgan fingerprint density at radius 3 is 2.71 bits per heavy atom. The molecular weight excluding hydrogens is 214 g/mol. The number of nitrogens with zero attached hydrogens (tertiary/aromatic N) is 1. The maximum Gasteiger partial charge on any atom is 0.233 e. The van der Waals surface area contributed by atoms with E-state index in [9.17, 15) is 4.79 Å². The van der Waals surface area contributed by atoms with Crippen LogP contribution in [-0.4, -0.2) is 50.1 Å². The van der Waals surface area contributed by atoms with Gasteiger partial charge in [-0.05, 0) is 44.8 Å². The van der Waals surface area contributed by atoms with Crippen LogP contribution >= 0.6 is 0 Å². The molecule has 2 N–H and O–H groups in total. The van der Waals surface area contributed by atoms with Gasteiger partial charge in [0.05, 0.1) is 6.54 Å². The maximum absolute atomic E-state index is 11.5. The van der Waals surface area contributed by atoms with Crippen LogP contribution in [0.3, 0.4) is 0 Å². The van der Waals surface area contributed by atoms with Gasteiger partial charge >= 0.3 is 0 Å². The molecule has 0 saturated carbocycles. The third kappa shape index (κ3) is 6.64. The van der Waals surface area contributed by atoms with Gasteiger partial charge in [0, 0.05) is 13.1 Å². The van der Waals surface area contributed by atoms with E-state index >= 15 is 0 Å². The van der Waals surface area contributed by atoms with Gasteiger partial charge in [0.25, 0.3) is 0 Å². The van der Waals surface area contributed by atoms with Crippen molar-refractivity contribution in [2.45, 2.75) is 33.1 Å². The predicted octanol–water partition coefficient (Wildman–Crippen LogP) is 0.834. The summed E-state index contributed by atoms with van der Waals surface area (Å²) in [7, 11) is 0. The Kier molecular flexibility index (Phi) is 7.21. The summed E-state index contributed by atoms with van der Waals surface area (Å²) in [6.07, 6.45) is 3.73. The Hall–Kier alpha value is -0.610. The molecule has 4 nitrogen and oxygen atoms in total. The average Bonchev–Trinajstić information content (AvgIpc) is 2.79. The van der Waals surface area contributed by atoms with Crippen molar-refractivity contribution >= 4 is 5.91 Å². The van der Waals surface area contributed by atoms with Gasteiger partial charge in [-0.1, -0.05) is 13.8 Å². The Morgan fingerprint density at radius 2 is 2.06 bits per heavy atom. The van der Waals surface area contributed by atoms with Crippen molar-refractivity contribution in [1.29, 1.82) is 0 Å². The van der Waals surface area contributed by atoms with E-state index in [1.165, 1.54) is 25.9 Å². The van der Waals surface area contributed by atoms with Crippen molar-refractivity contribution in [3.8, 4) is 0 Å². The first-order chi connectivity index (χ1) is 8.22. The van der Waals surface area contributed by atoms with Crippen molar-refractivity contribution in [3.63, 3.8) is 0 Å². The lowest BCUT2D eigenvalue weighted by Crippen LogP contribution is -2.38. The normalized spacial score (nSPS) is 18.2. The Balaban J connectivity index is 2.01. The van der Waals surface area contributed by atoms with Gasteiger partial charge in [0.2, 0.25) is 5.91 Å². The van der Waals surface area contributed by atoms with E-state index in [0.717, 1.165) is 26.1 Å². The smallest absolute Gasteiger partial charge is 0.233 e. The molecule has 0 spiro atoms. The highest BCUT2D eigenvalue weighted by Gasteiger charge is 2.14. The summed E-state index contributed by atoms with van der Waals surface area (Å²) >= 11 is 0. The molecule has 1 unspecified atom stereocenters. The summed E-state index contributed by atoms with van der Waals surface area (Å²) in [5.41, 5.74) is 0. The number of carbonyl (C=O) groups excluding carboxylic acids is 1. The van der Waals surface area contributed by atoms with Crippen LogP contribution in [0.1, 0.15) is 33.1 Å². The molecule has 0 aromatic carbocycles. The third-order valence-corrected chi connectivity index (χ3v) is 3.13. The maximum atomic E-state index is 11.5. The number of hydrogen-bond donors (Lipinski definition) is 2. The minimum atomic E-state index is 0.117. The van der Waals surface area contributed by atoms with Crippen molar-refractivity contribution < 1.29 is 4.79 Å². The molecular formula is C13H27N3O. The molecule has 1 amide bonds. The zero-order chi connectivity index (χ0) is 12.5. The summed E-state index contributed by atoms with van der Waals surface area (Å²) in [4.78, 5) is 14.0. The van der Waals surface area contributed by atoms with Crippen LogP contribution in [-0.2, 0) is 4.79 Å². The van der Waals surface area contributed by atoms with Crippen LogP contribution in [0.25, 0.3) is 0 Å². The summed E-state index contributed by atoms with van der Waals surface area (Å²) in [6, 6.07) is 0. The van der Waals surface area contributed by atoms with Crippen molar-refractivity contribution in [1.82, 2.24) is 15.5 Å². The molecule has 1 atom stereocenters. The molecule has 1 aliphatic rings. The van der Waals surface area contributed by atoms with E-state index in [0.29, 0.717) is 12.5 Å². The van der Waals surface area contributed by atoms with Gasteiger partial charge in [-0.2, -0.15) is 0 Å². The summed E-state index contributed by atoms with van der Waals surface area (Å²) < 4.78 is 0. The standard InChI is InChI=1S/C13H27N3O/c1-3-6-14-10-13(17)15-9-12(2)11-16-7-4-5-8-16/h12,14H,3-11H2,1-2H3,(H,15,17). The molecule has 1 rings (SSSR count). The van der Waals surface area contributed by atoms with Crippen LogP contribution < -0.4 is 10.6 Å². The lowest BCUT2D eigenvalue weighted by atomic mass is 10.1. The molecule has 1 aliphatic heterocycles. The molecule has 17 heavy (non-hydrogen) atoms. The Morgan fingerprint density at radius 1 is 1.35 bits per heavy atom. The summed E-state index contributed by atoms with van der Waals surface area (Å²) in [5.74, 6) is 0.662. The van der Waals surface area contributed by atoms with Gasteiger partial charge in [-0.15, -0.1) is 0 Å². The molecule has 0 aliphatic carbocycles. The molecule has 1 fully saturated rings. The molecule has 0 aromatic heterocycles. The van der Waals surface area contributed by atoms with Crippen molar-refractivity contribution in [3.05, 3.63) is 0 Å². The van der Waals surface area contributed by atoms with Crippen molar-refractivity contribution in [2.24, 2.45) is 5.92 Å². The first kappa shape index (κ1) is 14.5. The van der Waals surface area contributed by atoms with Crippen LogP contribution in [0.5, 0.6) is 0 Å². The molecule has 4 heteroatoms. The highest BCUT2D eigenvalue weighted by atomic mass is 16.1. The molecule has 0 bridgehead atoms. The lowest BCUT2D eigenvalue weighted by molar-refractivity contribution is -0.120. The topological polar surface area (TPSA) is 44.4 Å². The highest BCUT2D eigenvalue weighted by Crippen LogP contribution is 2.09. The largest absolute Gasteiger partial charge is 0.355 e. The van der Waals surface area contributed by atoms with Crippen LogP contribution in [0.2, 0.25) is 0 Å². The number of nitrogens with one attached hydrogen (secondary N) is 2. The fraction of sp³-hybridized carbons (Fsp3) is 0.923. The molecule has 0 aromatic rings. The monoisotopic (exact) mass is 241 g/mol. The SMILES string of the molecule is CCCNCC(=O)NCC(C)CN1CCCC1. The lowest BCUT2D eigenvalue weighted by Gasteiger charge is -2.20. The average molecular weight is 241 g/mol. The van der Waals surface area contributed by atoms with E-state index in [1.54, 1.807) is 0 Å². The number of carbonyl (C=O) groups is 1. The number of hydrogen-bond acceptors (Lipinski definition) is 3. The minimum absolute atomic E-state index is 0.117. The fourth-order valence-corrected chi connectivity index (χ4v) is 2.20. The van der Waals surface area contributed by atoms with Crippen LogP contribution in [0.15, 0.2) is 0 Å². The molecule has 1 heterocycles. The van der Waals surface area contributed by atoms with Gasteiger partial charge in [-0.3, -0.25) is 4.79 Å². The second-order valence-corrected chi connectivity index (χ2v) is 5.09. The quantitative estimate of drug-likeness (QED) is 0.619. The van der Waals surface area contributed by atoms with E-state index in [1.807, 2.05) is 0 Å². The minimum Gasteiger partial charge on any atom is -0.355 e. The van der Waals surface area contributed by atoms with Gasteiger partial charge in [0.15, 0.2) is 0 Å². The first-order valence-electron chi connectivity index (χ1n) is 6.92. The molecule has 0 radical (unpaired) electrons.